The summed E-state index contributed by atoms with van der Waals surface area (Å²) in [7, 11) is 0. The zero-order chi connectivity index (χ0) is 21.0. The number of hydrogen-bond acceptors (Lipinski definition) is 2. The maximum atomic E-state index is 14.0. The van der Waals surface area contributed by atoms with Crippen molar-refractivity contribution in [3.8, 4) is 0 Å². The fourth-order valence-corrected chi connectivity index (χ4v) is 3.66. The number of halogens is 3. The zero-order valence-electron chi connectivity index (χ0n) is 16.0. The van der Waals surface area contributed by atoms with Gasteiger partial charge in [0.2, 0.25) is 0 Å². The lowest BCUT2D eigenvalue weighted by atomic mass is 9.99. The van der Waals surface area contributed by atoms with Gasteiger partial charge in [-0.1, -0.05) is 43.6 Å². The maximum Gasteiger partial charge on any atom is 0.176 e. The Morgan fingerprint density at radius 2 is 1.97 bits per heavy atom. The number of benzene rings is 2. The van der Waals surface area contributed by atoms with Crippen LogP contribution in [-0.2, 0) is 6.54 Å². The molecule has 29 heavy (non-hydrogen) atoms. The monoisotopic (exact) mass is 494 g/mol. The van der Waals surface area contributed by atoms with Gasteiger partial charge in [-0.2, -0.15) is 5.10 Å². The molecule has 8 heteroatoms. The van der Waals surface area contributed by atoms with Crippen molar-refractivity contribution in [1.29, 1.82) is 0 Å². The smallest absolute Gasteiger partial charge is 0.176 e. The van der Waals surface area contributed by atoms with Crippen LogP contribution in [0.15, 0.2) is 53.1 Å². The van der Waals surface area contributed by atoms with Crippen LogP contribution in [-0.4, -0.2) is 14.9 Å². The van der Waals surface area contributed by atoms with Gasteiger partial charge < -0.3 is 10.6 Å². The van der Waals surface area contributed by atoms with Gasteiger partial charge in [-0.15, -0.1) is 0 Å². The SMILES string of the molecule is CCC(C)c1ccc(NC(=S)Nc2nn(Cc3c(F)cccc3Cl)cc2Br)cc1. The van der Waals surface area contributed by atoms with E-state index in [4.69, 9.17) is 23.8 Å². The van der Waals surface area contributed by atoms with E-state index in [-0.39, 0.29) is 12.4 Å². The summed E-state index contributed by atoms with van der Waals surface area (Å²) in [6.45, 7) is 4.59. The number of rotatable bonds is 6. The molecule has 4 nitrogen and oxygen atoms in total. The molecule has 152 valence electrons. The highest BCUT2D eigenvalue weighted by Gasteiger charge is 2.12. The summed E-state index contributed by atoms with van der Waals surface area (Å²) in [5.41, 5.74) is 2.58. The summed E-state index contributed by atoms with van der Waals surface area (Å²) in [6, 6.07) is 12.8. The molecule has 0 radical (unpaired) electrons. The third-order valence-electron chi connectivity index (χ3n) is 4.68. The molecule has 0 aliphatic rings. The third-order valence-corrected chi connectivity index (χ3v) is 5.82. The molecule has 2 N–H and O–H groups in total. The largest absolute Gasteiger partial charge is 0.332 e. The highest BCUT2D eigenvalue weighted by molar-refractivity contribution is 9.10. The van der Waals surface area contributed by atoms with Crippen molar-refractivity contribution in [2.75, 3.05) is 10.6 Å². The van der Waals surface area contributed by atoms with Gasteiger partial charge in [-0.05, 0) is 70.3 Å². The molecule has 1 unspecified atom stereocenters. The lowest BCUT2D eigenvalue weighted by molar-refractivity contribution is 0.586. The average molecular weight is 496 g/mol. The second kappa shape index (κ2) is 9.69. The highest BCUT2D eigenvalue weighted by atomic mass is 79.9. The average Bonchev–Trinajstić information content (AvgIpc) is 3.03. The summed E-state index contributed by atoms with van der Waals surface area (Å²) in [6.07, 6.45) is 2.84. The first-order valence-corrected chi connectivity index (χ1v) is 10.8. The Bertz CT molecular complexity index is 986. The fourth-order valence-electron chi connectivity index (χ4n) is 2.81. The van der Waals surface area contributed by atoms with Gasteiger partial charge in [0.25, 0.3) is 0 Å². The zero-order valence-corrected chi connectivity index (χ0v) is 19.2. The van der Waals surface area contributed by atoms with Gasteiger partial charge in [0.15, 0.2) is 10.9 Å². The predicted molar refractivity (Wildman–Crippen MR) is 125 cm³/mol. The van der Waals surface area contributed by atoms with Crippen LogP contribution in [0, 0.1) is 5.82 Å². The quantitative estimate of drug-likeness (QED) is 0.369. The number of hydrogen-bond donors (Lipinski definition) is 2. The Morgan fingerprint density at radius 3 is 2.62 bits per heavy atom. The first-order valence-electron chi connectivity index (χ1n) is 9.21. The van der Waals surface area contributed by atoms with Crippen LogP contribution in [0.4, 0.5) is 15.9 Å². The van der Waals surface area contributed by atoms with Crippen LogP contribution < -0.4 is 10.6 Å². The minimum Gasteiger partial charge on any atom is -0.332 e. The molecule has 0 spiro atoms. The number of nitrogens with one attached hydrogen (secondary N) is 2. The Balaban J connectivity index is 1.65. The van der Waals surface area contributed by atoms with Gasteiger partial charge in [0.05, 0.1) is 11.0 Å². The highest BCUT2D eigenvalue weighted by Crippen LogP contribution is 2.25. The summed E-state index contributed by atoms with van der Waals surface area (Å²) < 4.78 is 16.3. The molecule has 1 atom stereocenters. The Morgan fingerprint density at radius 1 is 1.24 bits per heavy atom. The summed E-state index contributed by atoms with van der Waals surface area (Å²) in [5.74, 6) is 0.694. The lowest BCUT2D eigenvalue weighted by Gasteiger charge is -2.12. The number of nitrogens with zero attached hydrogens (tertiary/aromatic N) is 2. The van der Waals surface area contributed by atoms with Crippen molar-refractivity contribution in [2.45, 2.75) is 32.7 Å². The van der Waals surface area contributed by atoms with Crippen molar-refractivity contribution in [3.05, 3.63) is 75.1 Å². The van der Waals surface area contributed by atoms with E-state index in [2.05, 4.69) is 57.6 Å². The standard InChI is InChI=1S/C21H21BrClFN4S/c1-3-13(2)14-7-9-15(10-8-14)25-21(29)26-20-17(22)12-28(27-20)11-16-18(23)5-4-6-19(16)24/h4-10,12-13H,3,11H2,1-2H3,(H2,25,26,27,29). The lowest BCUT2D eigenvalue weighted by Crippen LogP contribution is -2.19. The molecule has 0 saturated heterocycles. The molecular weight excluding hydrogens is 475 g/mol. The predicted octanol–water partition coefficient (Wildman–Crippen LogP) is 6.81. The van der Waals surface area contributed by atoms with E-state index in [1.165, 1.54) is 11.6 Å². The van der Waals surface area contributed by atoms with Gasteiger partial charge in [0, 0.05) is 22.5 Å². The number of aromatic nitrogens is 2. The second-order valence-corrected chi connectivity index (χ2v) is 8.40. The van der Waals surface area contributed by atoms with Crippen LogP contribution in [0.3, 0.4) is 0 Å². The molecule has 0 aliphatic heterocycles. The molecule has 0 aliphatic carbocycles. The van der Waals surface area contributed by atoms with Gasteiger partial charge in [-0.25, -0.2) is 4.39 Å². The van der Waals surface area contributed by atoms with E-state index in [9.17, 15) is 4.39 Å². The van der Waals surface area contributed by atoms with Gasteiger partial charge in [-0.3, -0.25) is 4.68 Å². The molecule has 3 aromatic rings. The van der Waals surface area contributed by atoms with E-state index in [1.807, 2.05) is 12.1 Å². The van der Waals surface area contributed by atoms with E-state index in [0.29, 0.717) is 31.9 Å². The van der Waals surface area contributed by atoms with Crippen LogP contribution in [0.25, 0.3) is 0 Å². The molecular formula is C21H21BrClFN4S. The summed E-state index contributed by atoms with van der Waals surface area (Å²) in [5, 5.41) is 11.4. The first kappa shape index (κ1) is 21.7. The summed E-state index contributed by atoms with van der Waals surface area (Å²) >= 11 is 14.9. The topological polar surface area (TPSA) is 41.9 Å². The molecule has 0 bridgehead atoms. The van der Waals surface area contributed by atoms with Crippen molar-refractivity contribution >= 4 is 56.4 Å². The van der Waals surface area contributed by atoms with E-state index in [0.717, 1.165) is 12.1 Å². The van der Waals surface area contributed by atoms with Gasteiger partial charge in [0.1, 0.15) is 5.82 Å². The van der Waals surface area contributed by atoms with Crippen LogP contribution in [0.1, 0.15) is 37.3 Å². The van der Waals surface area contributed by atoms with Crippen molar-refractivity contribution in [2.24, 2.45) is 0 Å². The first-order chi connectivity index (χ1) is 13.9. The Kier molecular flexibility index (Phi) is 7.27. The minimum absolute atomic E-state index is 0.211. The Labute approximate surface area is 188 Å². The Hall–Kier alpha value is -1.96. The molecule has 0 amide bonds. The van der Waals surface area contributed by atoms with E-state index < -0.39 is 0 Å². The van der Waals surface area contributed by atoms with Crippen LogP contribution >= 0.6 is 39.7 Å². The van der Waals surface area contributed by atoms with E-state index in [1.54, 1.807) is 23.0 Å². The van der Waals surface area contributed by atoms with Crippen molar-refractivity contribution in [3.63, 3.8) is 0 Å². The van der Waals surface area contributed by atoms with Crippen molar-refractivity contribution in [1.82, 2.24) is 9.78 Å². The molecule has 3 rings (SSSR count). The molecule has 1 heterocycles. The summed E-state index contributed by atoms with van der Waals surface area (Å²) in [4.78, 5) is 0. The second-order valence-electron chi connectivity index (χ2n) is 6.73. The van der Waals surface area contributed by atoms with Gasteiger partial charge >= 0.3 is 0 Å². The minimum atomic E-state index is -0.364. The van der Waals surface area contributed by atoms with E-state index >= 15 is 0 Å². The van der Waals surface area contributed by atoms with Crippen molar-refractivity contribution < 1.29 is 4.39 Å². The number of anilines is 2. The molecule has 2 aromatic carbocycles. The molecule has 0 saturated carbocycles. The normalized spacial score (nSPS) is 11.9. The molecule has 1 aromatic heterocycles. The van der Waals surface area contributed by atoms with Crippen LogP contribution in [0.2, 0.25) is 5.02 Å². The third kappa shape index (κ3) is 5.56. The molecule has 0 fully saturated rings. The number of thiocarbonyl (C=S) groups is 1. The maximum absolute atomic E-state index is 14.0. The van der Waals surface area contributed by atoms with Crippen LogP contribution in [0.5, 0.6) is 0 Å². The fraction of sp³-hybridized carbons (Fsp3) is 0.238.